The average molecular weight is 298 g/mol. The lowest BCUT2D eigenvalue weighted by molar-refractivity contribution is 0.00578. The molecule has 1 saturated carbocycles. The monoisotopic (exact) mass is 297 g/mol. The number of hydrogen-bond acceptors (Lipinski definition) is 4. The van der Waals surface area contributed by atoms with Crippen LogP contribution in [-0.4, -0.2) is 36.7 Å². The summed E-state index contributed by atoms with van der Waals surface area (Å²) in [6, 6.07) is 0. The van der Waals surface area contributed by atoms with Crippen LogP contribution in [0.25, 0.3) is 0 Å². The van der Waals surface area contributed by atoms with Crippen LogP contribution in [0.1, 0.15) is 40.5 Å². The zero-order valence-electron chi connectivity index (χ0n) is 12.4. The molecule has 0 aromatic rings. The maximum absolute atomic E-state index is 6.28. The van der Waals surface area contributed by atoms with E-state index >= 15 is 0 Å². The SMILES string of the molecule is CC1(C)OB(C2C=NC=C(Cl)C2OC2CC2)OC1(C)C. The molecule has 20 heavy (non-hydrogen) atoms. The fourth-order valence-electron chi connectivity index (χ4n) is 2.38. The van der Waals surface area contributed by atoms with E-state index in [2.05, 4.69) is 4.99 Å². The van der Waals surface area contributed by atoms with E-state index in [1.54, 1.807) is 6.20 Å². The lowest BCUT2D eigenvalue weighted by Crippen LogP contribution is -2.41. The number of ether oxygens (including phenoxy) is 1. The molecule has 2 aliphatic heterocycles. The van der Waals surface area contributed by atoms with Crippen LogP contribution in [0, 0.1) is 0 Å². The Hall–Kier alpha value is -0.355. The molecular formula is C14H21BClNO3. The van der Waals surface area contributed by atoms with Gasteiger partial charge in [0.1, 0.15) is 6.10 Å². The minimum atomic E-state index is -0.380. The minimum Gasteiger partial charge on any atom is -0.403 e. The molecule has 4 nitrogen and oxygen atoms in total. The van der Waals surface area contributed by atoms with E-state index in [0.29, 0.717) is 11.1 Å². The largest absolute Gasteiger partial charge is 0.469 e. The quantitative estimate of drug-likeness (QED) is 0.751. The van der Waals surface area contributed by atoms with E-state index < -0.39 is 0 Å². The van der Waals surface area contributed by atoms with Crippen molar-refractivity contribution < 1.29 is 14.0 Å². The molecule has 0 amide bonds. The molecule has 0 aromatic carbocycles. The van der Waals surface area contributed by atoms with Gasteiger partial charge in [0.2, 0.25) is 0 Å². The zero-order chi connectivity index (χ0) is 14.5. The van der Waals surface area contributed by atoms with Gasteiger partial charge in [-0.15, -0.1) is 0 Å². The smallest absolute Gasteiger partial charge is 0.403 e. The minimum absolute atomic E-state index is 0.103. The normalized spacial score (nSPS) is 35.2. The van der Waals surface area contributed by atoms with Crippen LogP contribution in [0.3, 0.4) is 0 Å². The van der Waals surface area contributed by atoms with Gasteiger partial charge < -0.3 is 14.0 Å². The van der Waals surface area contributed by atoms with Crippen molar-refractivity contribution in [1.29, 1.82) is 0 Å². The summed E-state index contributed by atoms with van der Waals surface area (Å²) in [6.45, 7) is 8.17. The van der Waals surface area contributed by atoms with Gasteiger partial charge in [0.15, 0.2) is 0 Å². The maximum atomic E-state index is 6.28. The molecule has 2 heterocycles. The van der Waals surface area contributed by atoms with Crippen molar-refractivity contribution in [3.05, 3.63) is 11.2 Å². The van der Waals surface area contributed by atoms with Gasteiger partial charge in [-0.25, -0.2) is 0 Å². The van der Waals surface area contributed by atoms with Crippen molar-refractivity contribution in [3.63, 3.8) is 0 Å². The van der Waals surface area contributed by atoms with Gasteiger partial charge in [0.25, 0.3) is 0 Å². The molecule has 3 aliphatic rings. The average Bonchev–Trinajstić information content (AvgIpc) is 3.10. The predicted octanol–water partition coefficient (Wildman–Crippen LogP) is 3.16. The molecule has 6 heteroatoms. The molecular weight excluding hydrogens is 276 g/mol. The van der Waals surface area contributed by atoms with E-state index in [4.69, 9.17) is 25.6 Å². The second-order valence-corrected chi connectivity index (χ2v) is 7.21. The topological polar surface area (TPSA) is 40.0 Å². The summed E-state index contributed by atoms with van der Waals surface area (Å²) in [5.74, 6) is -0.103. The number of aliphatic imine (C=N–C) groups is 1. The molecule has 0 spiro atoms. The van der Waals surface area contributed by atoms with Crippen molar-refractivity contribution in [1.82, 2.24) is 0 Å². The first-order valence-electron chi connectivity index (χ1n) is 7.20. The van der Waals surface area contributed by atoms with Gasteiger partial charge in [0.05, 0.1) is 28.2 Å². The molecule has 1 aliphatic carbocycles. The van der Waals surface area contributed by atoms with Gasteiger partial charge in [-0.3, -0.25) is 4.99 Å². The van der Waals surface area contributed by atoms with Crippen molar-refractivity contribution in [2.75, 3.05) is 0 Å². The van der Waals surface area contributed by atoms with E-state index in [-0.39, 0.29) is 30.2 Å². The first-order valence-corrected chi connectivity index (χ1v) is 7.58. The summed E-state index contributed by atoms with van der Waals surface area (Å²) in [4.78, 5) is 4.20. The second-order valence-electron chi connectivity index (χ2n) is 6.77. The third-order valence-electron chi connectivity index (χ3n) is 4.53. The number of rotatable bonds is 3. The first-order chi connectivity index (χ1) is 9.30. The molecule has 2 unspecified atom stereocenters. The Morgan fingerprint density at radius 3 is 2.40 bits per heavy atom. The van der Waals surface area contributed by atoms with Gasteiger partial charge in [0, 0.05) is 12.4 Å². The highest BCUT2D eigenvalue weighted by Gasteiger charge is 2.56. The van der Waals surface area contributed by atoms with Crippen LogP contribution in [0.4, 0.5) is 0 Å². The fourth-order valence-corrected chi connectivity index (χ4v) is 2.63. The molecule has 0 aromatic heterocycles. The molecule has 0 radical (unpaired) electrons. The lowest BCUT2D eigenvalue weighted by Gasteiger charge is -2.32. The highest BCUT2D eigenvalue weighted by atomic mass is 35.5. The van der Waals surface area contributed by atoms with Crippen molar-refractivity contribution in [2.24, 2.45) is 4.99 Å². The lowest BCUT2D eigenvalue weighted by atomic mass is 9.68. The Labute approximate surface area is 125 Å². The number of halogens is 1. The van der Waals surface area contributed by atoms with Gasteiger partial charge in [-0.1, -0.05) is 11.6 Å². The van der Waals surface area contributed by atoms with Gasteiger partial charge >= 0.3 is 7.12 Å². The van der Waals surface area contributed by atoms with Crippen LogP contribution < -0.4 is 0 Å². The van der Waals surface area contributed by atoms with Crippen LogP contribution in [-0.2, 0) is 14.0 Å². The van der Waals surface area contributed by atoms with Gasteiger partial charge in [-0.2, -0.15) is 0 Å². The summed E-state index contributed by atoms with van der Waals surface area (Å²) in [7, 11) is -0.380. The van der Waals surface area contributed by atoms with E-state index in [1.807, 2.05) is 33.9 Å². The summed E-state index contributed by atoms with van der Waals surface area (Å²) >= 11 is 6.28. The van der Waals surface area contributed by atoms with Crippen LogP contribution >= 0.6 is 11.6 Å². The molecule has 2 fully saturated rings. The third kappa shape index (κ3) is 2.57. The Bertz CT molecular complexity index is 443. The van der Waals surface area contributed by atoms with Crippen molar-refractivity contribution in [2.45, 2.75) is 69.8 Å². The third-order valence-corrected chi connectivity index (χ3v) is 4.84. The summed E-state index contributed by atoms with van der Waals surface area (Å²) in [5.41, 5.74) is -0.716. The predicted molar refractivity (Wildman–Crippen MR) is 80.2 cm³/mol. The molecule has 3 rings (SSSR count). The maximum Gasteiger partial charge on any atom is 0.469 e. The Kier molecular flexibility index (Phi) is 3.52. The summed E-state index contributed by atoms with van der Waals surface area (Å²) in [5, 5.41) is 0.624. The molecule has 0 N–H and O–H groups in total. The standard InChI is InChI=1S/C14H21BClNO3/c1-13(2)14(3,4)20-15(19-13)10-7-17-8-11(16)12(10)18-9-5-6-9/h7-10,12H,5-6H2,1-4H3. The zero-order valence-corrected chi connectivity index (χ0v) is 13.2. The summed E-state index contributed by atoms with van der Waals surface area (Å²) < 4.78 is 18.2. The van der Waals surface area contributed by atoms with Crippen LogP contribution in [0.15, 0.2) is 16.2 Å². The van der Waals surface area contributed by atoms with E-state index in [1.165, 1.54) is 0 Å². The Morgan fingerprint density at radius 2 is 1.85 bits per heavy atom. The second kappa shape index (κ2) is 4.84. The van der Waals surface area contributed by atoms with Crippen LogP contribution in [0.5, 0.6) is 0 Å². The van der Waals surface area contributed by atoms with Crippen molar-refractivity contribution >= 4 is 24.9 Å². The van der Waals surface area contributed by atoms with E-state index in [0.717, 1.165) is 12.8 Å². The highest BCUT2D eigenvalue weighted by Crippen LogP contribution is 2.43. The molecule has 0 bridgehead atoms. The molecule has 2 atom stereocenters. The molecule has 1 saturated heterocycles. The fraction of sp³-hybridized carbons (Fsp3) is 0.786. The first kappa shape index (κ1) is 14.6. The van der Waals surface area contributed by atoms with E-state index in [9.17, 15) is 0 Å². The highest BCUT2D eigenvalue weighted by molar-refractivity contribution is 6.52. The molecule has 110 valence electrons. The Balaban J connectivity index is 1.78. The number of hydrogen-bond donors (Lipinski definition) is 0. The van der Waals surface area contributed by atoms with Crippen LogP contribution in [0.2, 0.25) is 5.82 Å². The summed E-state index contributed by atoms with van der Waals surface area (Å²) in [6.07, 6.45) is 5.80. The van der Waals surface area contributed by atoms with Gasteiger partial charge in [-0.05, 0) is 40.5 Å². The Morgan fingerprint density at radius 1 is 1.25 bits per heavy atom. The number of nitrogens with zero attached hydrogens (tertiary/aromatic N) is 1. The van der Waals surface area contributed by atoms with Crippen molar-refractivity contribution in [3.8, 4) is 0 Å².